The molecule has 16 heavy (non-hydrogen) atoms. The van der Waals surface area contributed by atoms with Crippen molar-refractivity contribution in [2.24, 2.45) is 0 Å². The van der Waals surface area contributed by atoms with Crippen molar-refractivity contribution in [3.05, 3.63) is 54.1 Å². The van der Waals surface area contributed by atoms with Gasteiger partial charge in [-0.3, -0.25) is 4.98 Å². The van der Waals surface area contributed by atoms with Gasteiger partial charge in [0.2, 0.25) is 0 Å². The average molecular weight is 227 g/mol. The van der Waals surface area contributed by atoms with Crippen LogP contribution in [0.3, 0.4) is 0 Å². The molecule has 4 heteroatoms. The molecule has 2 heterocycles. The molecule has 2 aromatic rings. The third-order valence-corrected chi connectivity index (χ3v) is 3.04. The Morgan fingerprint density at radius 3 is 3.00 bits per heavy atom. The van der Waals surface area contributed by atoms with Crippen molar-refractivity contribution in [3.8, 4) is 6.07 Å². The van der Waals surface area contributed by atoms with Crippen molar-refractivity contribution < 1.29 is 0 Å². The Balaban J connectivity index is 2.03. The molecule has 0 saturated carbocycles. The molecule has 0 unspecified atom stereocenters. The molecule has 2 aromatic heterocycles. The van der Waals surface area contributed by atoms with E-state index in [1.807, 2.05) is 30.5 Å². The SMILES string of the molecule is N#Cc1cc(SCc2cccnc2)ccn1. The molecule has 0 bridgehead atoms. The van der Waals surface area contributed by atoms with Gasteiger partial charge in [-0.2, -0.15) is 5.26 Å². The lowest BCUT2D eigenvalue weighted by molar-refractivity contribution is 1.20. The molecule has 0 radical (unpaired) electrons. The summed E-state index contributed by atoms with van der Waals surface area (Å²) in [6.07, 6.45) is 5.26. The fraction of sp³-hybridized carbons (Fsp3) is 0.0833. The van der Waals surface area contributed by atoms with E-state index in [-0.39, 0.29) is 0 Å². The first-order valence-electron chi connectivity index (χ1n) is 4.76. The Labute approximate surface area is 98.2 Å². The van der Waals surface area contributed by atoms with Gasteiger partial charge < -0.3 is 0 Å². The van der Waals surface area contributed by atoms with Gasteiger partial charge >= 0.3 is 0 Å². The number of thioether (sulfide) groups is 1. The highest BCUT2D eigenvalue weighted by molar-refractivity contribution is 7.98. The van der Waals surface area contributed by atoms with Gasteiger partial charge in [-0.15, -0.1) is 11.8 Å². The van der Waals surface area contributed by atoms with E-state index in [0.717, 1.165) is 10.6 Å². The third kappa shape index (κ3) is 2.81. The largest absolute Gasteiger partial charge is 0.264 e. The Bertz CT molecular complexity index is 505. The van der Waals surface area contributed by atoms with Crippen LogP contribution in [0.5, 0.6) is 0 Å². The third-order valence-electron chi connectivity index (χ3n) is 1.97. The number of pyridine rings is 2. The van der Waals surface area contributed by atoms with Gasteiger partial charge in [-0.05, 0) is 23.8 Å². The predicted octanol–water partition coefficient (Wildman–Crippen LogP) is 2.64. The van der Waals surface area contributed by atoms with Gasteiger partial charge in [0.1, 0.15) is 11.8 Å². The first-order valence-corrected chi connectivity index (χ1v) is 5.75. The maximum atomic E-state index is 8.72. The van der Waals surface area contributed by atoms with Gasteiger partial charge in [-0.1, -0.05) is 6.07 Å². The standard InChI is InChI=1S/C12H9N3S/c13-7-11-6-12(3-5-15-11)16-9-10-2-1-4-14-8-10/h1-6,8H,9H2. The van der Waals surface area contributed by atoms with E-state index in [2.05, 4.69) is 9.97 Å². The van der Waals surface area contributed by atoms with E-state index in [9.17, 15) is 0 Å². The summed E-state index contributed by atoms with van der Waals surface area (Å²) >= 11 is 1.67. The average Bonchev–Trinajstić information content (AvgIpc) is 2.38. The molecule has 0 spiro atoms. The number of nitrogens with zero attached hydrogens (tertiary/aromatic N) is 3. The molecular formula is C12H9N3S. The van der Waals surface area contributed by atoms with Crippen LogP contribution in [-0.2, 0) is 5.75 Å². The molecule has 0 aliphatic carbocycles. The molecule has 0 fully saturated rings. The first kappa shape index (κ1) is 10.7. The molecule has 0 aliphatic heterocycles. The quantitative estimate of drug-likeness (QED) is 0.756. The van der Waals surface area contributed by atoms with Gasteiger partial charge in [0.25, 0.3) is 0 Å². The summed E-state index contributed by atoms with van der Waals surface area (Å²) < 4.78 is 0. The van der Waals surface area contributed by atoms with Crippen LogP contribution >= 0.6 is 11.8 Å². The maximum Gasteiger partial charge on any atom is 0.141 e. The molecule has 78 valence electrons. The Hall–Kier alpha value is -1.86. The van der Waals surface area contributed by atoms with Gasteiger partial charge in [-0.25, -0.2) is 4.98 Å². The zero-order valence-corrected chi connectivity index (χ0v) is 9.31. The van der Waals surface area contributed by atoms with E-state index >= 15 is 0 Å². The number of aromatic nitrogens is 2. The van der Waals surface area contributed by atoms with Crippen molar-refractivity contribution >= 4 is 11.8 Å². The lowest BCUT2D eigenvalue weighted by atomic mass is 10.3. The van der Waals surface area contributed by atoms with E-state index in [4.69, 9.17) is 5.26 Å². The van der Waals surface area contributed by atoms with Crippen LogP contribution in [-0.4, -0.2) is 9.97 Å². The van der Waals surface area contributed by atoms with Crippen molar-refractivity contribution in [3.63, 3.8) is 0 Å². The zero-order chi connectivity index (χ0) is 11.2. The summed E-state index contributed by atoms with van der Waals surface area (Å²) in [5.41, 5.74) is 1.62. The van der Waals surface area contributed by atoms with Gasteiger partial charge in [0.05, 0.1) is 0 Å². The molecule has 0 N–H and O–H groups in total. The van der Waals surface area contributed by atoms with Crippen LogP contribution in [0.25, 0.3) is 0 Å². The number of rotatable bonds is 3. The number of hydrogen-bond acceptors (Lipinski definition) is 4. The minimum atomic E-state index is 0.455. The second-order valence-corrected chi connectivity index (χ2v) is 4.19. The fourth-order valence-electron chi connectivity index (χ4n) is 1.21. The Morgan fingerprint density at radius 1 is 1.31 bits per heavy atom. The van der Waals surface area contributed by atoms with Crippen LogP contribution in [0.4, 0.5) is 0 Å². The summed E-state index contributed by atoms with van der Waals surface area (Å²) in [7, 11) is 0. The summed E-state index contributed by atoms with van der Waals surface area (Å²) in [4.78, 5) is 9.03. The monoisotopic (exact) mass is 227 g/mol. The van der Waals surface area contributed by atoms with Crippen LogP contribution in [0, 0.1) is 11.3 Å². The van der Waals surface area contributed by atoms with E-state index in [1.54, 1.807) is 30.2 Å². The molecule has 2 rings (SSSR count). The minimum absolute atomic E-state index is 0.455. The van der Waals surface area contributed by atoms with Crippen LogP contribution in [0.1, 0.15) is 11.3 Å². The highest BCUT2D eigenvalue weighted by Gasteiger charge is 1.98. The Morgan fingerprint density at radius 2 is 2.25 bits per heavy atom. The van der Waals surface area contributed by atoms with Gasteiger partial charge in [0, 0.05) is 29.2 Å². The van der Waals surface area contributed by atoms with Crippen molar-refractivity contribution in [1.82, 2.24) is 9.97 Å². The first-order chi connectivity index (χ1) is 7.88. The molecule has 0 aliphatic rings. The van der Waals surface area contributed by atoms with Crippen LogP contribution in [0.2, 0.25) is 0 Å². The van der Waals surface area contributed by atoms with Crippen LogP contribution in [0.15, 0.2) is 47.8 Å². The molecule has 0 atom stereocenters. The van der Waals surface area contributed by atoms with E-state index < -0.39 is 0 Å². The van der Waals surface area contributed by atoms with E-state index in [0.29, 0.717) is 5.69 Å². The maximum absolute atomic E-state index is 8.72. The van der Waals surface area contributed by atoms with Crippen molar-refractivity contribution in [1.29, 1.82) is 5.26 Å². The van der Waals surface area contributed by atoms with Gasteiger partial charge in [0.15, 0.2) is 0 Å². The lowest BCUT2D eigenvalue weighted by Crippen LogP contribution is -1.84. The molecule has 0 amide bonds. The smallest absolute Gasteiger partial charge is 0.141 e. The summed E-state index contributed by atoms with van der Waals surface area (Å²) in [6.45, 7) is 0. The summed E-state index contributed by atoms with van der Waals surface area (Å²) in [6, 6.07) is 9.68. The lowest BCUT2D eigenvalue weighted by Gasteiger charge is -2.01. The highest BCUT2D eigenvalue weighted by atomic mass is 32.2. The van der Waals surface area contributed by atoms with Crippen molar-refractivity contribution in [2.45, 2.75) is 10.6 Å². The second-order valence-electron chi connectivity index (χ2n) is 3.14. The van der Waals surface area contributed by atoms with Crippen molar-refractivity contribution in [2.75, 3.05) is 0 Å². The second kappa shape index (κ2) is 5.29. The predicted molar refractivity (Wildman–Crippen MR) is 62.8 cm³/mol. The molecule has 3 nitrogen and oxygen atoms in total. The fourth-order valence-corrected chi connectivity index (χ4v) is 2.07. The zero-order valence-electron chi connectivity index (χ0n) is 8.50. The molecular weight excluding hydrogens is 218 g/mol. The summed E-state index contributed by atoms with van der Waals surface area (Å²) in [5.74, 6) is 0.850. The Kier molecular flexibility index (Phi) is 3.52. The van der Waals surface area contributed by atoms with E-state index in [1.165, 1.54) is 5.56 Å². The number of nitriles is 1. The normalized spacial score (nSPS) is 9.69. The molecule has 0 aromatic carbocycles. The topological polar surface area (TPSA) is 49.6 Å². The highest BCUT2D eigenvalue weighted by Crippen LogP contribution is 2.22. The van der Waals surface area contributed by atoms with Crippen LogP contribution < -0.4 is 0 Å². The minimum Gasteiger partial charge on any atom is -0.264 e. The summed E-state index contributed by atoms with van der Waals surface area (Å²) in [5, 5.41) is 8.72. The molecule has 0 saturated heterocycles. The number of hydrogen-bond donors (Lipinski definition) is 0.